The van der Waals surface area contributed by atoms with Crippen LogP contribution in [0.5, 0.6) is 0 Å². The Morgan fingerprint density at radius 2 is 2.45 bits per heavy atom. The van der Waals surface area contributed by atoms with E-state index in [9.17, 15) is 4.79 Å². The summed E-state index contributed by atoms with van der Waals surface area (Å²) in [4.78, 5) is 17.3. The van der Waals surface area contributed by atoms with Gasteiger partial charge in [-0.3, -0.25) is 14.7 Å². The van der Waals surface area contributed by atoms with Crippen molar-refractivity contribution in [2.45, 2.75) is 12.8 Å². The van der Waals surface area contributed by atoms with Crippen LogP contribution in [0.2, 0.25) is 0 Å². The first-order valence-electron chi connectivity index (χ1n) is 3.85. The van der Waals surface area contributed by atoms with E-state index in [0.717, 1.165) is 30.4 Å². The van der Waals surface area contributed by atoms with Crippen LogP contribution in [0.3, 0.4) is 0 Å². The average Bonchev–Trinajstić information content (AvgIpc) is 2.55. The summed E-state index contributed by atoms with van der Waals surface area (Å²) in [5.74, 6) is 1.29. The van der Waals surface area contributed by atoms with E-state index >= 15 is 0 Å². The zero-order valence-electron chi connectivity index (χ0n) is 6.25. The van der Waals surface area contributed by atoms with Gasteiger partial charge < -0.3 is 0 Å². The Kier molecular flexibility index (Phi) is 1.85. The molecule has 2 aliphatic rings. The van der Waals surface area contributed by atoms with Gasteiger partial charge in [0, 0.05) is 18.7 Å². The van der Waals surface area contributed by atoms with E-state index in [1.165, 1.54) is 0 Å². The number of likely N-dealkylation sites (tertiary alicyclic amines) is 1. The van der Waals surface area contributed by atoms with Crippen LogP contribution in [-0.4, -0.2) is 34.8 Å². The summed E-state index contributed by atoms with van der Waals surface area (Å²) in [6.45, 7) is 1.76. The Labute approximate surface area is 69.9 Å². The van der Waals surface area contributed by atoms with Crippen molar-refractivity contribution >= 4 is 22.8 Å². The Balaban J connectivity index is 2.08. The normalized spacial score (nSPS) is 24.5. The molecule has 2 heterocycles. The fourth-order valence-electron chi connectivity index (χ4n) is 1.34. The predicted octanol–water partition coefficient (Wildman–Crippen LogP) is 0.712. The van der Waals surface area contributed by atoms with Crippen LogP contribution in [0, 0.1) is 0 Å². The third-order valence-corrected chi connectivity index (χ3v) is 2.87. The summed E-state index contributed by atoms with van der Waals surface area (Å²) in [5.41, 5.74) is 0. The molecule has 0 aliphatic carbocycles. The number of carbonyl (C=O) groups excluding carboxylic acids is 1. The van der Waals surface area contributed by atoms with Crippen molar-refractivity contribution in [3.63, 3.8) is 0 Å². The van der Waals surface area contributed by atoms with Crippen molar-refractivity contribution in [3.8, 4) is 0 Å². The molecule has 1 amide bonds. The zero-order valence-corrected chi connectivity index (χ0v) is 7.06. The summed E-state index contributed by atoms with van der Waals surface area (Å²) in [6, 6.07) is 0. The van der Waals surface area contributed by atoms with Crippen LogP contribution in [0.25, 0.3) is 0 Å². The summed E-state index contributed by atoms with van der Waals surface area (Å²) in [6.07, 6.45) is 1.71. The first-order valence-corrected chi connectivity index (χ1v) is 4.84. The monoisotopic (exact) mass is 170 g/mol. The zero-order chi connectivity index (χ0) is 7.68. The number of amides is 1. The molecule has 0 N–H and O–H groups in total. The molecular formula is C7H10N2OS. The number of hydrogen-bond donors (Lipinski definition) is 0. The Morgan fingerprint density at radius 3 is 3.00 bits per heavy atom. The van der Waals surface area contributed by atoms with Gasteiger partial charge in [0.05, 0.1) is 6.54 Å². The number of aliphatic imine (C=N–C) groups is 1. The van der Waals surface area contributed by atoms with E-state index in [-0.39, 0.29) is 5.91 Å². The fraction of sp³-hybridized carbons (Fsp3) is 0.714. The topological polar surface area (TPSA) is 32.7 Å². The first kappa shape index (κ1) is 7.16. The molecule has 11 heavy (non-hydrogen) atoms. The lowest BCUT2D eigenvalue weighted by Crippen LogP contribution is -2.28. The van der Waals surface area contributed by atoms with E-state index < -0.39 is 0 Å². The van der Waals surface area contributed by atoms with Crippen molar-refractivity contribution in [1.82, 2.24) is 4.90 Å². The second-order valence-corrected chi connectivity index (χ2v) is 3.72. The molecule has 0 spiro atoms. The first-order chi connectivity index (χ1) is 5.38. The predicted molar refractivity (Wildman–Crippen MR) is 45.7 cm³/mol. The molecule has 0 bridgehead atoms. The Bertz CT molecular complexity index is 214. The minimum Gasteiger partial charge on any atom is -0.292 e. The number of carbonyl (C=O) groups is 1. The quantitative estimate of drug-likeness (QED) is 0.536. The number of amidine groups is 1. The second kappa shape index (κ2) is 2.85. The largest absolute Gasteiger partial charge is 0.292 e. The fourth-order valence-corrected chi connectivity index (χ4v) is 2.23. The maximum absolute atomic E-state index is 11.2. The SMILES string of the molecule is O=C1CCCN1C1=NCCS1. The maximum atomic E-state index is 11.2. The molecule has 0 saturated carbocycles. The van der Waals surface area contributed by atoms with Gasteiger partial charge in [-0.05, 0) is 6.42 Å². The van der Waals surface area contributed by atoms with Gasteiger partial charge in [-0.1, -0.05) is 11.8 Å². The van der Waals surface area contributed by atoms with Crippen LogP contribution in [0.1, 0.15) is 12.8 Å². The lowest BCUT2D eigenvalue weighted by Gasteiger charge is -2.13. The van der Waals surface area contributed by atoms with E-state index in [1.807, 2.05) is 4.90 Å². The van der Waals surface area contributed by atoms with Gasteiger partial charge in [-0.2, -0.15) is 0 Å². The minimum atomic E-state index is 0.248. The average molecular weight is 170 g/mol. The van der Waals surface area contributed by atoms with Gasteiger partial charge in [0.15, 0.2) is 5.17 Å². The van der Waals surface area contributed by atoms with Crippen LogP contribution < -0.4 is 0 Å². The standard InChI is InChI=1S/C7H10N2OS/c10-6-2-1-4-9(6)7-8-3-5-11-7/h1-5H2. The van der Waals surface area contributed by atoms with Gasteiger partial charge in [-0.25, -0.2) is 0 Å². The molecule has 0 aromatic carbocycles. The van der Waals surface area contributed by atoms with E-state index in [0.29, 0.717) is 6.42 Å². The third kappa shape index (κ3) is 1.27. The van der Waals surface area contributed by atoms with Gasteiger partial charge in [-0.15, -0.1) is 0 Å². The summed E-state index contributed by atoms with van der Waals surface area (Å²) < 4.78 is 0. The molecular weight excluding hydrogens is 160 g/mol. The molecule has 4 heteroatoms. The summed E-state index contributed by atoms with van der Waals surface area (Å²) >= 11 is 1.70. The van der Waals surface area contributed by atoms with Crippen molar-refractivity contribution in [2.24, 2.45) is 4.99 Å². The molecule has 0 aromatic rings. The van der Waals surface area contributed by atoms with Crippen molar-refractivity contribution in [1.29, 1.82) is 0 Å². The number of rotatable bonds is 0. The molecule has 1 saturated heterocycles. The second-order valence-electron chi connectivity index (χ2n) is 2.66. The summed E-state index contributed by atoms with van der Waals surface area (Å²) in [7, 11) is 0. The van der Waals surface area contributed by atoms with Crippen molar-refractivity contribution in [2.75, 3.05) is 18.8 Å². The van der Waals surface area contributed by atoms with Crippen molar-refractivity contribution < 1.29 is 4.79 Å². The lowest BCUT2D eigenvalue weighted by molar-refractivity contribution is -0.124. The van der Waals surface area contributed by atoms with Crippen LogP contribution in [-0.2, 0) is 4.79 Å². The third-order valence-electron chi connectivity index (χ3n) is 1.87. The highest BCUT2D eigenvalue weighted by atomic mass is 32.2. The highest BCUT2D eigenvalue weighted by Crippen LogP contribution is 2.20. The molecule has 0 aromatic heterocycles. The maximum Gasteiger partial charge on any atom is 0.228 e. The Hall–Kier alpha value is -0.510. The van der Waals surface area contributed by atoms with Crippen LogP contribution >= 0.6 is 11.8 Å². The van der Waals surface area contributed by atoms with Gasteiger partial charge >= 0.3 is 0 Å². The highest BCUT2D eigenvalue weighted by Gasteiger charge is 2.26. The summed E-state index contributed by atoms with van der Waals surface area (Å²) in [5, 5.41) is 0.951. The van der Waals surface area contributed by atoms with E-state index in [1.54, 1.807) is 11.8 Å². The van der Waals surface area contributed by atoms with Gasteiger partial charge in [0.25, 0.3) is 0 Å². The van der Waals surface area contributed by atoms with Crippen molar-refractivity contribution in [3.05, 3.63) is 0 Å². The molecule has 0 unspecified atom stereocenters. The molecule has 60 valence electrons. The smallest absolute Gasteiger partial charge is 0.228 e. The number of nitrogens with zero attached hydrogens (tertiary/aromatic N) is 2. The van der Waals surface area contributed by atoms with Gasteiger partial charge in [0.1, 0.15) is 0 Å². The van der Waals surface area contributed by atoms with E-state index in [4.69, 9.17) is 0 Å². The Morgan fingerprint density at radius 1 is 1.55 bits per heavy atom. The van der Waals surface area contributed by atoms with Crippen LogP contribution in [0.15, 0.2) is 4.99 Å². The van der Waals surface area contributed by atoms with Gasteiger partial charge in [0.2, 0.25) is 5.91 Å². The number of thioether (sulfide) groups is 1. The molecule has 3 nitrogen and oxygen atoms in total. The van der Waals surface area contributed by atoms with Crippen LogP contribution in [0.4, 0.5) is 0 Å². The molecule has 0 atom stereocenters. The number of hydrogen-bond acceptors (Lipinski definition) is 3. The molecule has 0 radical (unpaired) electrons. The molecule has 2 rings (SSSR count). The lowest BCUT2D eigenvalue weighted by atomic mass is 10.4. The highest BCUT2D eigenvalue weighted by molar-refractivity contribution is 8.14. The molecule has 1 fully saturated rings. The molecule has 2 aliphatic heterocycles. The van der Waals surface area contributed by atoms with E-state index in [2.05, 4.69) is 4.99 Å². The minimum absolute atomic E-state index is 0.248.